The number of amides is 1. The van der Waals surface area contributed by atoms with Crippen molar-refractivity contribution in [3.63, 3.8) is 0 Å². The lowest BCUT2D eigenvalue weighted by Gasteiger charge is -2.06. The molecule has 3 aromatic heterocycles. The van der Waals surface area contributed by atoms with Gasteiger partial charge in [-0.05, 0) is 35.2 Å². The summed E-state index contributed by atoms with van der Waals surface area (Å²) in [6.07, 6.45) is 6.81. The minimum atomic E-state index is -0.112. The molecule has 104 valence electrons. The van der Waals surface area contributed by atoms with E-state index in [-0.39, 0.29) is 5.91 Å². The van der Waals surface area contributed by atoms with Crippen LogP contribution in [0.1, 0.15) is 15.9 Å². The standard InChI is InChI=1S/C16H13N3OS/c20-16(13-3-5-17-6-4-13)19-10-12-8-14(11-18-9-12)15-2-1-7-21-15/h1-9,11H,10H2,(H,19,20). The van der Waals surface area contributed by atoms with Gasteiger partial charge in [0.05, 0.1) is 0 Å². The molecule has 0 aromatic carbocycles. The van der Waals surface area contributed by atoms with Crippen molar-refractivity contribution < 1.29 is 4.79 Å². The molecule has 4 nitrogen and oxygen atoms in total. The molecule has 0 radical (unpaired) electrons. The van der Waals surface area contributed by atoms with Crippen molar-refractivity contribution in [3.05, 3.63) is 71.6 Å². The molecule has 0 spiro atoms. The van der Waals surface area contributed by atoms with Gasteiger partial charge in [-0.15, -0.1) is 11.3 Å². The molecule has 0 aliphatic rings. The highest BCUT2D eigenvalue weighted by atomic mass is 32.1. The number of carbonyl (C=O) groups is 1. The van der Waals surface area contributed by atoms with Crippen molar-refractivity contribution in [1.82, 2.24) is 15.3 Å². The number of carbonyl (C=O) groups excluding carboxylic acids is 1. The fourth-order valence-electron chi connectivity index (χ4n) is 1.95. The maximum atomic E-state index is 12.0. The Bertz CT molecular complexity index is 726. The molecule has 0 aliphatic heterocycles. The molecule has 0 saturated heterocycles. The van der Waals surface area contributed by atoms with Crippen LogP contribution in [0.15, 0.2) is 60.5 Å². The van der Waals surface area contributed by atoms with E-state index < -0.39 is 0 Å². The first kappa shape index (κ1) is 13.5. The van der Waals surface area contributed by atoms with E-state index in [0.717, 1.165) is 11.1 Å². The van der Waals surface area contributed by atoms with Crippen LogP contribution < -0.4 is 5.32 Å². The first-order valence-corrected chi connectivity index (χ1v) is 7.37. The van der Waals surface area contributed by atoms with Crippen LogP contribution in [0, 0.1) is 0 Å². The molecule has 5 heteroatoms. The molecule has 0 atom stereocenters. The molecule has 0 unspecified atom stereocenters. The summed E-state index contributed by atoms with van der Waals surface area (Å²) < 4.78 is 0. The number of hydrogen-bond donors (Lipinski definition) is 1. The molecule has 3 heterocycles. The molecule has 0 fully saturated rings. The summed E-state index contributed by atoms with van der Waals surface area (Å²) in [4.78, 5) is 21.3. The highest BCUT2D eigenvalue weighted by Crippen LogP contribution is 2.24. The smallest absolute Gasteiger partial charge is 0.251 e. The number of hydrogen-bond acceptors (Lipinski definition) is 4. The number of rotatable bonds is 4. The maximum absolute atomic E-state index is 12.0. The first-order chi connectivity index (χ1) is 10.3. The van der Waals surface area contributed by atoms with Crippen LogP contribution in [-0.4, -0.2) is 15.9 Å². The van der Waals surface area contributed by atoms with Gasteiger partial charge in [0.2, 0.25) is 0 Å². The zero-order valence-corrected chi connectivity index (χ0v) is 12.0. The Labute approximate surface area is 126 Å². The van der Waals surface area contributed by atoms with Crippen LogP contribution in [0.4, 0.5) is 0 Å². The highest BCUT2D eigenvalue weighted by molar-refractivity contribution is 7.13. The van der Waals surface area contributed by atoms with E-state index in [1.165, 1.54) is 4.88 Å². The minimum absolute atomic E-state index is 0.112. The number of nitrogens with one attached hydrogen (secondary N) is 1. The van der Waals surface area contributed by atoms with Crippen LogP contribution in [0.25, 0.3) is 10.4 Å². The topological polar surface area (TPSA) is 54.9 Å². The van der Waals surface area contributed by atoms with Crippen molar-refractivity contribution in [3.8, 4) is 10.4 Å². The number of aromatic nitrogens is 2. The Hall–Kier alpha value is -2.53. The van der Waals surface area contributed by atoms with Gasteiger partial charge >= 0.3 is 0 Å². The summed E-state index contributed by atoms with van der Waals surface area (Å²) in [6, 6.07) is 9.50. The summed E-state index contributed by atoms with van der Waals surface area (Å²) >= 11 is 1.67. The normalized spacial score (nSPS) is 10.3. The predicted molar refractivity (Wildman–Crippen MR) is 83.0 cm³/mol. The Morgan fingerprint density at radius 1 is 1.14 bits per heavy atom. The van der Waals surface area contributed by atoms with E-state index in [1.807, 2.05) is 23.7 Å². The van der Waals surface area contributed by atoms with Crippen molar-refractivity contribution in [2.45, 2.75) is 6.54 Å². The second-order valence-corrected chi connectivity index (χ2v) is 5.43. The maximum Gasteiger partial charge on any atom is 0.251 e. The molecule has 1 N–H and O–H groups in total. The average molecular weight is 295 g/mol. The molecule has 3 aromatic rings. The Morgan fingerprint density at radius 3 is 2.76 bits per heavy atom. The van der Waals surface area contributed by atoms with E-state index in [4.69, 9.17) is 0 Å². The first-order valence-electron chi connectivity index (χ1n) is 6.49. The van der Waals surface area contributed by atoms with E-state index >= 15 is 0 Å². The van der Waals surface area contributed by atoms with Crippen molar-refractivity contribution in [2.75, 3.05) is 0 Å². The summed E-state index contributed by atoms with van der Waals surface area (Å²) in [5.74, 6) is -0.112. The number of nitrogens with zero attached hydrogens (tertiary/aromatic N) is 2. The molecule has 0 aliphatic carbocycles. The monoisotopic (exact) mass is 295 g/mol. The van der Waals surface area contributed by atoms with Gasteiger partial charge in [-0.2, -0.15) is 0 Å². The fraction of sp³-hybridized carbons (Fsp3) is 0.0625. The SMILES string of the molecule is O=C(NCc1cncc(-c2cccs2)c1)c1ccncc1. The fourth-order valence-corrected chi connectivity index (χ4v) is 2.66. The third-order valence-corrected chi connectivity index (χ3v) is 3.92. The van der Waals surface area contributed by atoms with Crippen molar-refractivity contribution >= 4 is 17.2 Å². The quantitative estimate of drug-likeness (QED) is 0.804. The second kappa shape index (κ2) is 6.28. The Balaban J connectivity index is 1.69. The van der Waals surface area contributed by atoms with Crippen LogP contribution in [0.3, 0.4) is 0 Å². The van der Waals surface area contributed by atoms with Crippen LogP contribution in [-0.2, 0) is 6.54 Å². The predicted octanol–water partition coefficient (Wildman–Crippen LogP) is 3.14. The van der Waals surface area contributed by atoms with Crippen molar-refractivity contribution in [2.24, 2.45) is 0 Å². The lowest BCUT2D eigenvalue weighted by molar-refractivity contribution is 0.0951. The van der Waals surface area contributed by atoms with Crippen LogP contribution in [0.2, 0.25) is 0 Å². The molecule has 3 rings (SSSR count). The molecular weight excluding hydrogens is 282 g/mol. The van der Waals surface area contributed by atoms with Gasteiger partial charge in [0.1, 0.15) is 0 Å². The number of pyridine rings is 2. The Morgan fingerprint density at radius 2 is 2.00 bits per heavy atom. The van der Waals surface area contributed by atoms with Gasteiger partial charge in [-0.25, -0.2) is 0 Å². The summed E-state index contributed by atoms with van der Waals surface area (Å²) in [5, 5.41) is 4.92. The third kappa shape index (κ3) is 3.32. The van der Waals surface area contributed by atoms with Crippen molar-refractivity contribution in [1.29, 1.82) is 0 Å². The largest absolute Gasteiger partial charge is 0.348 e. The van der Waals surface area contributed by atoms with Crippen LogP contribution in [0.5, 0.6) is 0 Å². The van der Waals surface area contributed by atoms with Gasteiger partial charge < -0.3 is 5.32 Å². The highest BCUT2D eigenvalue weighted by Gasteiger charge is 2.05. The summed E-state index contributed by atoms with van der Waals surface area (Å²) in [7, 11) is 0. The zero-order chi connectivity index (χ0) is 14.5. The van der Waals surface area contributed by atoms with Gasteiger partial charge in [0.15, 0.2) is 0 Å². The summed E-state index contributed by atoms with van der Waals surface area (Å²) in [6.45, 7) is 0.452. The molecule has 0 bridgehead atoms. The van der Waals surface area contributed by atoms with Gasteiger partial charge in [0.25, 0.3) is 5.91 Å². The third-order valence-electron chi connectivity index (χ3n) is 3.00. The van der Waals surface area contributed by atoms with E-state index in [0.29, 0.717) is 12.1 Å². The summed E-state index contributed by atoms with van der Waals surface area (Å²) in [5.41, 5.74) is 2.65. The van der Waals surface area contributed by atoms with E-state index in [9.17, 15) is 4.79 Å². The van der Waals surface area contributed by atoms with Gasteiger partial charge in [-0.3, -0.25) is 14.8 Å². The van der Waals surface area contributed by atoms with Crippen LogP contribution >= 0.6 is 11.3 Å². The van der Waals surface area contributed by atoms with E-state index in [2.05, 4.69) is 21.4 Å². The lowest BCUT2D eigenvalue weighted by atomic mass is 10.1. The van der Waals surface area contributed by atoms with Gasteiger partial charge in [0, 0.05) is 47.3 Å². The second-order valence-electron chi connectivity index (χ2n) is 4.48. The molecular formula is C16H13N3OS. The molecule has 21 heavy (non-hydrogen) atoms. The molecule has 1 amide bonds. The molecule has 0 saturated carbocycles. The lowest BCUT2D eigenvalue weighted by Crippen LogP contribution is -2.22. The van der Waals surface area contributed by atoms with E-state index in [1.54, 1.807) is 42.1 Å². The zero-order valence-electron chi connectivity index (χ0n) is 11.2. The Kier molecular flexibility index (Phi) is 4.02. The minimum Gasteiger partial charge on any atom is -0.348 e. The average Bonchev–Trinajstić information content (AvgIpc) is 3.08. The van der Waals surface area contributed by atoms with Gasteiger partial charge in [-0.1, -0.05) is 6.07 Å². The number of thiophene rings is 1.